The molecule has 0 aliphatic rings. The molecular weight excluding hydrogens is 310 g/mol. The van der Waals surface area contributed by atoms with Gasteiger partial charge in [-0.2, -0.15) is 0 Å². The van der Waals surface area contributed by atoms with Crippen LogP contribution in [0.15, 0.2) is 47.5 Å². The molecule has 25 heavy (non-hydrogen) atoms. The van der Waals surface area contributed by atoms with Gasteiger partial charge in [0.15, 0.2) is 5.96 Å². The van der Waals surface area contributed by atoms with E-state index >= 15 is 0 Å². The average Bonchev–Trinajstić information content (AvgIpc) is 2.93. The van der Waals surface area contributed by atoms with Crippen molar-refractivity contribution >= 4 is 17.0 Å². The number of aryl methyl sites for hydroxylation is 3. The molecule has 1 aromatic heterocycles. The summed E-state index contributed by atoms with van der Waals surface area (Å²) in [7, 11) is 3.82. The van der Waals surface area contributed by atoms with Gasteiger partial charge >= 0.3 is 0 Å². The van der Waals surface area contributed by atoms with E-state index in [1.165, 1.54) is 16.7 Å². The first kappa shape index (κ1) is 17.0. The summed E-state index contributed by atoms with van der Waals surface area (Å²) in [4.78, 5) is 8.98. The van der Waals surface area contributed by atoms with Gasteiger partial charge in [0.2, 0.25) is 0 Å². The first-order valence-electron chi connectivity index (χ1n) is 8.49. The minimum atomic E-state index is 0.623. The molecule has 0 bridgehead atoms. The van der Waals surface area contributed by atoms with Crippen molar-refractivity contribution in [1.82, 2.24) is 20.2 Å². The van der Waals surface area contributed by atoms with Gasteiger partial charge in [0, 0.05) is 20.6 Å². The van der Waals surface area contributed by atoms with Crippen molar-refractivity contribution in [3.8, 4) is 0 Å². The van der Waals surface area contributed by atoms with Crippen LogP contribution >= 0.6 is 0 Å². The predicted molar refractivity (Wildman–Crippen MR) is 104 cm³/mol. The summed E-state index contributed by atoms with van der Waals surface area (Å²) in [6.07, 6.45) is 0. The standard InChI is InChI=1S/C20H25N5/c1-14-9-10-16(15(2)11-14)12-22-20(21-3)23-13-19-24-17-7-5-6-8-18(17)25(19)4/h5-11H,12-13H2,1-4H3,(H2,21,22,23). The van der Waals surface area contributed by atoms with Gasteiger partial charge in [-0.05, 0) is 37.1 Å². The lowest BCUT2D eigenvalue weighted by atomic mass is 10.1. The van der Waals surface area contributed by atoms with Crippen LogP contribution in [0, 0.1) is 13.8 Å². The van der Waals surface area contributed by atoms with Crippen molar-refractivity contribution in [3.05, 3.63) is 65.0 Å². The highest BCUT2D eigenvalue weighted by molar-refractivity contribution is 5.80. The Balaban J connectivity index is 1.63. The molecule has 0 aliphatic heterocycles. The molecule has 0 unspecified atom stereocenters. The van der Waals surface area contributed by atoms with Crippen LogP contribution in [0.5, 0.6) is 0 Å². The lowest BCUT2D eigenvalue weighted by molar-refractivity contribution is 0.736. The molecule has 0 fully saturated rings. The van der Waals surface area contributed by atoms with E-state index in [0.29, 0.717) is 6.54 Å². The SMILES string of the molecule is CN=C(NCc1ccc(C)cc1C)NCc1nc2ccccc2n1C. The van der Waals surface area contributed by atoms with Gasteiger partial charge in [-0.25, -0.2) is 4.98 Å². The lowest BCUT2D eigenvalue weighted by Crippen LogP contribution is -2.37. The van der Waals surface area contributed by atoms with E-state index in [4.69, 9.17) is 0 Å². The Hall–Kier alpha value is -2.82. The highest BCUT2D eigenvalue weighted by Crippen LogP contribution is 2.14. The van der Waals surface area contributed by atoms with Gasteiger partial charge in [0.25, 0.3) is 0 Å². The largest absolute Gasteiger partial charge is 0.352 e. The van der Waals surface area contributed by atoms with Gasteiger partial charge in [0.05, 0.1) is 17.6 Å². The van der Waals surface area contributed by atoms with Crippen LogP contribution in [0.3, 0.4) is 0 Å². The molecule has 0 radical (unpaired) electrons. The molecule has 1 heterocycles. The minimum absolute atomic E-state index is 0.623. The number of para-hydroxylation sites is 2. The Labute approximate surface area is 148 Å². The first-order valence-corrected chi connectivity index (χ1v) is 8.49. The maximum Gasteiger partial charge on any atom is 0.191 e. The van der Waals surface area contributed by atoms with Crippen molar-refractivity contribution in [1.29, 1.82) is 0 Å². The third-order valence-electron chi connectivity index (χ3n) is 4.46. The zero-order chi connectivity index (χ0) is 17.8. The molecule has 130 valence electrons. The summed E-state index contributed by atoms with van der Waals surface area (Å²) in [5.74, 6) is 1.75. The molecule has 2 aromatic carbocycles. The molecule has 5 nitrogen and oxygen atoms in total. The fraction of sp³-hybridized carbons (Fsp3) is 0.300. The highest BCUT2D eigenvalue weighted by atomic mass is 15.2. The second-order valence-corrected chi connectivity index (χ2v) is 6.29. The van der Waals surface area contributed by atoms with Crippen LogP contribution in [0.4, 0.5) is 0 Å². The number of rotatable bonds is 4. The van der Waals surface area contributed by atoms with Crippen molar-refractivity contribution < 1.29 is 0 Å². The fourth-order valence-electron chi connectivity index (χ4n) is 2.96. The number of hydrogen-bond acceptors (Lipinski definition) is 2. The summed E-state index contributed by atoms with van der Waals surface area (Å²) in [6, 6.07) is 14.7. The van der Waals surface area contributed by atoms with Crippen LogP contribution < -0.4 is 10.6 Å². The highest BCUT2D eigenvalue weighted by Gasteiger charge is 2.08. The topological polar surface area (TPSA) is 54.2 Å². The molecule has 5 heteroatoms. The minimum Gasteiger partial charge on any atom is -0.352 e. The Morgan fingerprint density at radius 2 is 1.84 bits per heavy atom. The second kappa shape index (κ2) is 7.38. The third-order valence-corrected chi connectivity index (χ3v) is 4.46. The average molecular weight is 335 g/mol. The quantitative estimate of drug-likeness (QED) is 0.569. The molecule has 2 N–H and O–H groups in total. The maximum atomic E-state index is 4.68. The van der Waals surface area contributed by atoms with Crippen LogP contribution in [-0.4, -0.2) is 22.6 Å². The van der Waals surface area contributed by atoms with Crippen LogP contribution in [0.25, 0.3) is 11.0 Å². The van der Waals surface area contributed by atoms with Crippen LogP contribution in [0.2, 0.25) is 0 Å². The number of nitrogens with zero attached hydrogens (tertiary/aromatic N) is 3. The van der Waals surface area contributed by atoms with Gasteiger partial charge in [-0.3, -0.25) is 4.99 Å². The predicted octanol–water partition coefficient (Wildman–Crippen LogP) is 3.06. The van der Waals surface area contributed by atoms with Gasteiger partial charge in [-0.15, -0.1) is 0 Å². The normalized spacial score (nSPS) is 11.8. The van der Waals surface area contributed by atoms with Crippen molar-refractivity contribution in [3.63, 3.8) is 0 Å². The molecule has 0 atom stereocenters. The number of nitrogens with one attached hydrogen (secondary N) is 2. The second-order valence-electron chi connectivity index (χ2n) is 6.29. The number of fused-ring (bicyclic) bond motifs is 1. The Morgan fingerprint density at radius 1 is 1.08 bits per heavy atom. The molecule has 0 amide bonds. The summed E-state index contributed by atoms with van der Waals surface area (Å²) < 4.78 is 2.11. The molecule has 0 aliphatic carbocycles. The zero-order valence-electron chi connectivity index (χ0n) is 15.3. The summed E-state index contributed by atoms with van der Waals surface area (Å²) in [6.45, 7) is 5.62. The van der Waals surface area contributed by atoms with Gasteiger partial charge in [-0.1, -0.05) is 35.9 Å². The lowest BCUT2D eigenvalue weighted by Gasteiger charge is -2.13. The van der Waals surface area contributed by atoms with E-state index in [-0.39, 0.29) is 0 Å². The fourth-order valence-corrected chi connectivity index (χ4v) is 2.96. The van der Waals surface area contributed by atoms with E-state index in [2.05, 4.69) is 63.3 Å². The van der Waals surface area contributed by atoms with Gasteiger partial charge in [0.1, 0.15) is 5.82 Å². The molecule has 0 spiro atoms. The number of guanidine groups is 1. The van der Waals surface area contributed by atoms with E-state index in [1.54, 1.807) is 7.05 Å². The molecule has 0 saturated carbocycles. The number of aromatic nitrogens is 2. The summed E-state index contributed by atoms with van der Waals surface area (Å²) in [5, 5.41) is 6.72. The molecule has 3 rings (SSSR count). The van der Waals surface area contributed by atoms with E-state index in [1.807, 2.05) is 25.2 Å². The van der Waals surface area contributed by atoms with E-state index in [9.17, 15) is 0 Å². The number of aliphatic imine (C=N–C) groups is 1. The molecule has 0 saturated heterocycles. The Morgan fingerprint density at radius 3 is 2.56 bits per heavy atom. The maximum absolute atomic E-state index is 4.68. The third kappa shape index (κ3) is 3.82. The molecular formula is C20H25N5. The van der Waals surface area contributed by atoms with Crippen LogP contribution in [-0.2, 0) is 20.1 Å². The molecule has 3 aromatic rings. The van der Waals surface area contributed by atoms with Crippen LogP contribution in [0.1, 0.15) is 22.5 Å². The van der Waals surface area contributed by atoms with Gasteiger partial charge < -0.3 is 15.2 Å². The Kier molecular flexibility index (Phi) is 5.03. The zero-order valence-corrected chi connectivity index (χ0v) is 15.3. The summed E-state index contributed by atoms with van der Waals surface area (Å²) in [5.41, 5.74) is 6.00. The number of hydrogen-bond donors (Lipinski definition) is 2. The van der Waals surface area contributed by atoms with E-state index in [0.717, 1.165) is 29.4 Å². The monoisotopic (exact) mass is 335 g/mol. The van der Waals surface area contributed by atoms with Crippen molar-refractivity contribution in [2.45, 2.75) is 26.9 Å². The van der Waals surface area contributed by atoms with Crippen molar-refractivity contribution in [2.75, 3.05) is 7.05 Å². The smallest absolute Gasteiger partial charge is 0.191 e. The number of benzene rings is 2. The first-order chi connectivity index (χ1) is 12.1. The summed E-state index contributed by atoms with van der Waals surface area (Å²) >= 11 is 0. The Bertz CT molecular complexity index is 908. The number of imidazole rings is 1. The van der Waals surface area contributed by atoms with E-state index < -0.39 is 0 Å². The van der Waals surface area contributed by atoms with Crippen molar-refractivity contribution in [2.24, 2.45) is 12.0 Å².